The first-order valence-electron chi connectivity index (χ1n) is 9.52. The summed E-state index contributed by atoms with van der Waals surface area (Å²) in [6.45, 7) is 0. The van der Waals surface area contributed by atoms with E-state index in [2.05, 4.69) is 20.2 Å². The Morgan fingerprint density at radius 1 is 1.00 bits per heavy atom. The number of carbonyl (C=O) groups is 1. The van der Waals surface area contributed by atoms with E-state index in [1.807, 2.05) is 12.1 Å². The van der Waals surface area contributed by atoms with Crippen LogP contribution in [-0.2, 0) is 10.0 Å². The van der Waals surface area contributed by atoms with Crippen LogP contribution < -0.4 is 14.8 Å². The van der Waals surface area contributed by atoms with Gasteiger partial charge in [-0.2, -0.15) is 0 Å². The van der Waals surface area contributed by atoms with Gasteiger partial charge in [-0.05, 0) is 54.6 Å². The zero-order valence-electron chi connectivity index (χ0n) is 17.2. The van der Waals surface area contributed by atoms with Gasteiger partial charge in [-0.1, -0.05) is 41.1 Å². The molecular formula is C22H17ClN4O4S2. The van der Waals surface area contributed by atoms with Gasteiger partial charge in [0.15, 0.2) is 0 Å². The van der Waals surface area contributed by atoms with Gasteiger partial charge in [0.1, 0.15) is 15.7 Å². The average Bonchev–Trinajstić information content (AvgIpc) is 3.28. The number of ether oxygens (including phenoxy) is 1. The van der Waals surface area contributed by atoms with Crippen LogP contribution in [0.1, 0.15) is 10.4 Å². The van der Waals surface area contributed by atoms with Crippen LogP contribution in [-0.4, -0.2) is 31.6 Å². The smallest absolute Gasteiger partial charge is 0.263 e. The minimum Gasteiger partial charge on any atom is -0.497 e. The lowest BCUT2D eigenvalue weighted by molar-refractivity contribution is 0.102. The van der Waals surface area contributed by atoms with Gasteiger partial charge in [0.25, 0.3) is 15.9 Å². The van der Waals surface area contributed by atoms with Crippen molar-refractivity contribution in [1.82, 2.24) is 10.2 Å². The molecule has 0 aliphatic rings. The highest BCUT2D eigenvalue weighted by Crippen LogP contribution is 2.29. The van der Waals surface area contributed by atoms with Crippen LogP contribution in [0, 0.1) is 0 Å². The van der Waals surface area contributed by atoms with Crippen LogP contribution in [0.4, 0.5) is 10.8 Å². The highest BCUT2D eigenvalue weighted by molar-refractivity contribution is 7.92. The van der Waals surface area contributed by atoms with E-state index in [0.29, 0.717) is 16.4 Å². The van der Waals surface area contributed by atoms with Crippen LogP contribution in [0.15, 0.2) is 77.7 Å². The molecule has 0 aliphatic heterocycles. The predicted octanol–water partition coefficient (Wildman–Crippen LogP) is 4.92. The molecule has 2 N–H and O–H groups in total. The molecule has 1 amide bonds. The minimum atomic E-state index is -4.01. The van der Waals surface area contributed by atoms with Crippen molar-refractivity contribution in [3.05, 3.63) is 83.4 Å². The number of sulfonamides is 1. The Balaban J connectivity index is 1.53. The summed E-state index contributed by atoms with van der Waals surface area (Å²) < 4.78 is 33.2. The molecule has 1 aromatic heterocycles. The number of nitrogens with zero attached hydrogens (tertiary/aromatic N) is 2. The molecule has 0 fully saturated rings. The molecular weight excluding hydrogens is 484 g/mol. The Hall–Kier alpha value is -3.47. The molecule has 8 nitrogen and oxygen atoms in total. The third kappa shape index (κ3) is 5.30. The standard InChI is InChI=1S/C22H17ClN4O4S2/c1-31-17-10-7-14(8-11-17)21-25-26-22(32-21)24-20(28)15-9-12-18(23)19(13-15)33(29,30)27-16-5-3-2-4-6-16/h2-13,27H,1H3,(H,24,26,28). The molecule has 0 bridgehead atoms. The Bertz CT molecular complexity index is 1390. The number of hydrogen-bond donors (Lipinski definition) is 2. The van der Waals surface area contributed by atoms with E-state index < -0.39 is 15.9 Å². The number of anilines is 2. The van der Waals surface area contributed by atoms with Gasteiger partial charge in [0.2, 0.25) is 5.13 Å². The maximum absolute atomic E-state index is 12.8. The van der Waals surface area contributed by atoms with Crippen molar-refractivity contribution >= 4 is 49.7 Å². The summed E-state index contributed by atoms with van der Waals surface area (Å²) in [7, 11) is -2.43. The number of aromatic nitrogens is 2. The number of benzene rings is 3. The fourth-order valence-corrected chi connectivity index (χ4v) is 5.19. The van der Waals surface area contributed by atoms with E-state index in [4.69, 9.17) is 16.3 Å². The highest BCUT2D eigenvalue weighted by atomic mass is 35.5. The second kappa shape index (κ2) is 9.57. The molecule has 0 spiro atoms. The summed E-state index contributed by atoms with van der Waals surface area (Å²) in [5.41, 5.74) is 1.30. The van der Waals surface area contributed by atoms with Gasteiger partial charge < -0.3 is 4.74 Å². The lowest BCUT2D eigenvalue weighted by atomic mass is 10.2. The zero-order valence-corrected chi connectivity index (χ0v) is 19.5. The Morgan fingerprint density at radius 3 is 2.42 bits per heavy atom. The second-order valence-corrected chi connectivity index (χ2v) is 9.75. The molecule has 3 aromatic carbocycles. The van der Waals surface area contributed by atoms with Crippen molar-refractivity contribution in [2.75, 3.05) is 17.1 Å². The van der Waals surface area contributed by atoms with E-state index in [1.54, 1.807) is 49.6 Å². The van der Waals surface area contributed by atoms with Gasteiger partial charge in [-0.3, -0.25) is 14.8 Å². The molecule has 0 aliphatic carbocycles. The molecule has 33 heavy (non-hydrogen) atoms. The Labute approximate surface area is 199 Å². The Morgan fingerprint density at radius 2 is 1.73 bits per heavy atom. The van der Waals surface area contributed by atoms with Crippen molar-refractivity contribution in [2.45, 2.75) is 4.90 Å². The molecule has 0 saturated carbocycles. The lowest BCUT2D eigenvalue weighted by Crippen LogP contribution is -2.16. The van der Waals surface area contributed by atoms with Gasteiger partial charge in [-0.15, -0.1) is 10.2 Å². The van der Waals surface area contributed by atoms with E-state index in [9.17, 15) is 13.2 Å². The van der Waals surface area contributed by atoms with E-state index in [-0.39, 0.29) is 20.6 Å². The second-order valence-electron chi connectivity index (χ2n) is 6.71. The fourth-order valence-electron chi connectivity index (χ4n) is 2.86. The summed E-state index contributed by atoms with van der Waals surface area (Å²) >= 11 is 7.31. The number of para-hydroxylation sites is 1. The summed E-state index contributed by atoms with van der Waals surface area (Å²) in [6, 6.07) is 19.7. The molecule has 4 aromatic rings. The van der Waals surface area contributed by atoms with Crippen molar-refractivity contribution in [3.8, 4) is 16.3 Å². The van der Waals surface area contributed by atoms with Crippen molar-refractivity contribution < 1.29 is 17.9 Å². The van der Waals surface area contributed by atoms with Crippen LogP contribution in [0.25, 0.3) is 10.6 Å². The molecule has 0 saturated heterocycles. The third-order valence-corrected chi connectivity index (χ3v) is 7.24. The van der Waals surface area contributed by atoms with E-state index in [1.165, 1.54) is 29.5 Å². The third-order valence-electron chi connectivity index (χ3n) is 4.49. The van der Waals surface area contributed by atoms with Crippen molar-refractivity contribution in [2.24, 2.45) is 0 Å². The van der Waals surface area contributed by atoms with Crippen LogP contribution in [0.3, 0.4) is 0 Å². The van der Waals surface area contributed by atoms with Crippen LogP contribution in [0.5, 0.6) is 5.75 Å². The van der Waals surface area contributed by atoms with Gasteiger partial charge in [0, 0.05) is 16.8 Å². The van der Waals surface area contributed by atoms with Gasteiger partial charge in [-0.25, -0.2) is 8.42 Å². The first kappa shape index (κ1) is 22.7. The first-order valence-corrected chi connectivity index (χ1v) is 12.2. The summed E-state index contributed by atoms with van der Waals surface area (Å²) in [5.74, 6) is 0.173. The molecule has 0 unspecified atom stereocenters. The van der Waals surface area contributed by atoms with Crippen LogP contribution >= 0.6 is 22.9 Å². The number of rotatable bonds is 7. The van der Waals surface area contributed by atoms with E-state index >= 15 is 0 Å². The largest absolute Gasteiger partial charge is 0.497 e. The maximum atomic E-state index is 12.8. The molecule has 0 radical (unpaired) electrons. The number of halogens is 1. The van der Waals surface area contributed by atoms with E-state index in [0.717, 1.165) is 5.56 Å². The van der Waals surface area contributed by atoms with Gasteiger partial charge in [0.05, 0.1) is 12.1 Å². The number of nitrogens with one attached hydrogen (secondary N) is 2. The van der Waals surface area contributed by atoms with Crippen molar-refractivity contribution in [3.63, 3.8) is 0 Å². The SMILES string of the molecule is COc1ccc(-c2nnc(NC(=O)c3ccc(Cl)c(S(=O)(=O)Nc4ccccc4)c3)s2)cc1. The minimum absolute atomic E-state index is 0.00677. The Kier molecular flexibility index (Phi) is 6.59. The molecule has 11 heteroatoms. The fraction of sp³-hybridized carbons (Fsp3) is 0.0455. The molecule has 4 rings (SSSR count). The van der Waals surface area contributed by atoms with Gasteiger partial charge >= 0.3 is 0 Å². The monoisotopic (exact) mass is 500 g/mol. The lowest BCUT2D eigenvalue weighted by Gasteiger charge is -2.11. The summed E-state index contributed by atoms with van der Waals surface area (Å²) in [6.07, 6.45) is 0. The molecule has 1 heterocycles. The summed E-state index contributed by atoms with van der Waals surface area (Å²) in [4.78, 5) is 12.5. The number of hydrogen-bond acceptors (Lipinski definition) is 7. The first-order chi connectivity index (χ1) is 15.9. The normalized spacial score (nSPS) is 11.1. The quantitative estimate of drug-likeness (QED) is 0.372. The summed E-state index contributed by atoms with van der Waals surface area (Å²) in [5, 5.41) is 11.6. The number of carbonyl (C=O) groups excluding carboxylic acids is 1. The highest BCUT2D eigenvalue weighted by Gasteiger charge is 2.21. The molecule has 0 atom stereocenters. The number of methoxy groups -OCH3 is 1. The average molecular weight is 501 g/mol. The number of amides is 1. The maximum Gasteiger partial charge on any atom is 0.263 e. The predicted molar refractivity (Wildman–Crippen MR) is 129 cm³/mol. The van der Waals surface area contributed by atoms with Crippen molar-refractivity contribution in [1.29, 1.82) is 0 Å². The topological polar surface area (TPSA) is 110 Å². The van der Waals surface area contributed by atoms with Crippen LogP contribution in [0.2, 0.25) is 5.02 Å². The zero-order chi connectivity index (χ0) is 23.4. The molecule has 168 valence electrons.